The van der Waals surface area contributed by atoms with Gasteiger partial charge in [-0.1, -0.05) is 0 Å². The van der Waals surface area contributed by atoms with Crippen LogP contribution in [0.1, 0.15) is 51.4 Å². The van der Waals surface area contributed by atoms with Crippen molar-refractivity contribution in [2.75, 3.05) is 19.7 Å². The fourth-order valence-electron chi connectivity index (χ4n) is 4.44. The Kier molecular flexibility index (Phi) is 7.79. The third-order valence-corrected chi connectivity index (χ3v) is 6.69. The van der Waals surface area contributed by atoms with E-state index in [2.05, 4.69) is 15.0 Å². The smallest absolute Gasteiger partial charge is 0.419 e. The first-order valence-corrected chi connectivity index (χ1v) is 12.8. The average Bonchev–Trinajstić information content (AvgIpc) is 3.11. The highest BCUT2D eigenvalue weighted by Crippen LogP contribution is 2.40. The maximum atomic E-state index is 14.0. The topological polar surface area (TPSA) is 82.4 Å². The van der Waals surface area contributed by atoms with E-state index in [0.717, 1.165) is 18.9 Å². The van der Waals surface area contributed by atoms with Crippen molar-refractivity contribution in [1.82, 2.24) is 24.4 Å². The minimum absolute atomic E-state index is 0.0814. The number of hydrogen-bond acceptors (Lipinski definition) is 6. The lowest BCUT2D eigenvalue weighted by Crippen LogP contribution is -2.41. The Morgan fingerprint density at radius 2 is 1.82 bits per heavy atom. The Hall–Kier alpha value is -3.08. The highest BCUT2D eigenvalue weighted by atomic mass is 35.5. The Balaban J connectivity index is 1.45. The van der Waals surface area contributed by atoms with Gasteiger partial charge in [-0.2, -0.15) is 18.2 Å². The molecule has 206 valence electrons. The monoisotopic (exact) mass is 553 g/mol. The number of rotatable bonds is 5. The lowest BCUT2D eigenvalue weighted by atomic mass is 9.94. The van der Waals surface area contributed by atoms with Crippen LogP contribution in [-0.4, -0.2) is 55.8 Å². The molecule has 0 bridgehead atoms. The van der Waals surface area contributed by atoms with Gasteiger partial charge >= 0.3 is 12.3 Å². The lowest BCUT2D eigenvalue weighted by Gasteiger charge is -2.33. The first-order valence-electron chi connectivity index (χ1n) is 12.4. The number of hydrogen-bond donors (Lipinski definition) is 0. The van der Waals surface area contributed by atoms with Gasteiger partial charge < -0.3 is 18.9 Å². The highest BCUT2D eigenvalue weighted by Gasteiger charge is 2.35. The van der Waals surface area contributed by atoms with Gasteiger partial charge in [0.15, 0.2) is 5.65 Å². The molecule has 1 aliphatic heterocycles. The summed E-state index contributed by atoms with van der Waals surface area (Å²) in [6.07, 6.45) is -2.93. The summed E-state index contributed by atoms with van der Waals surface area (Å²) in [6.45, 7) is 8.44. The number of carbonyl (C=O) groups excluding carboxylic acids is 1. The molecule has 1 aliphatic rings. The van der Waals surface area contributed by atoms with Crippen LogP contribution < -0.4 is 4.74 Å². The molecule has 8 nitrogen and oxygen atoms in total. The largest absolute Gasteiger partial charge is 0.493 e. The maximum absolute atomic E-state index is 14.0. The third kappa shape index (κ3) is 6.31. The number of ether oxygens (including phenoxy) is 2. The average molecular weight is 554 g/mol. The number of carbonyl (C=O) groups is 1. The second kappa shape index (κ2) is 10.6. The van der Waals surface area contributed by atoms with Crippen molar-refractivity contribution in [3.05, 3.63) is 34.9 Å². The number of imidazole rings is 1. The Bertz CT molecular complexity index is 1330. The van der Waals surface area contributed by atoms with Gasteiger partial charge in [0.05, 0.1) is 12.2 Å². The summed E-state index contributed by atoms with van der Waals surface area (Å²) in [6, 6.07) is 3.84. The lowest BCUT2D eigenvalue weighted by molar-refractivity contribution is -0.138. The van der Waals surface area contributed by atoms with E-state index < -0.39 is 17.3 Å². The van der Waals surface area contributed by atoms with E-state index >= 15 is 0 Å². The summed E-state index contributed by atoms with van der Waals surface area (Å²) in [5, 5.41) is -0.0814. The van der Waals surface area contributed by atoms with Crippen LogP contribution in [0.4, 0.5) is 18.0 Å². The minimum atomic E-state index is -4.64. The Morgan fingerprint density at radius 1 is 1.13 bits per heavy atom. The van der Waals surface area contributed by atoms with Gasteiger partial charge in [-0.25, -0.2) is 14.8 Å². The second-order valence-electron chi connectivity index (χ2n) is 10.5. The molecule has 38 heavy (non-hydrogen) atoms. The van der Waals surface area contributed by atoms with Crippen LogP contribution in [0.3, 0.4) is 0 Å². The zero-order chi connectivity index (χ0) is 27.8. The van der Waals surface area contributed by atoms with Crippen LogP contribution in [0.15, 0.2) is 18.2 Å². The van der Waals surface area contributed by atoms with Gasteiger partial charge in [0.25, 0.3) is 0 Å². The summed E-state index contributed by atoms with van der Waals surface area (Å²) in [4.78, 5) is 26.7. The molecule has 0 radical (unpaired) electrons. The van der Waals surface area contributed by atoms with Gasteiger partial charge in [0.1, 0.15) is 28.4 Å². The molecule has 1 amide bonds. The van der Waals surface area contributed by atoms with Gasteiger partial charge in [0, 0.05) is 25.7 Å². The van der Waals surface area contributed by atoms with Gasteiger partial charge in [-0.15, -0.1) is 0 Å². The zero-order valence-electron chi connectivity index (χ0n) is 22.0. The maximum Gasteiger partial charge on any atom is 0.419 e. The van der Waals surface area contributed by atoms with E-state index in [1.54, 1.807) is 23.4 Å². The molecule has 4 rings (SSSR count). The number of nitrogens with zero attached hydrogens (tertiary/aromatic N) is 5. The van der Waals surface area contributed by atoms with Crippen molar-refractivity contribution >= 4 is 28.9 Å². The summed E-state index contributed by atoms with van der Waals surface area (Å²) in [5.74, 6) is 0.623. The summed E-state index contributed by atoms with van der Waals surface area (Å²) < 4.78 is 54.8. The summed E-state index contributed by atoms with van der Waals surface area (Å²) in [7, 11) is 1.75. The van der Waals surface area contributed by atoms with E-state index in [-0.39, 0.29) is 40.9 Å². The van der Waals surface area contributed by atoms with Crippen LogP contribution in [0.2, 0.25) is 5.28 Å². The predicted octanol–water partition coefficient (Wildman–Crippen LogP) is 6.43. The standard InChI is InChI=1S/C26H31ClF3N5O3/c1-15-31-21-20(32-23(27)33-22(21)34(15)5)17-6-7-19(18(14-17)26(28,29)30)37-13-10-16-8-11-35(12-9-16)24(36)38-25(2,3)4/h6-7,14,16H,8-13H2,1-5H3. The van der Waals surface area contributed by atoms with Crippen LogP contribution in [0.5, 0.6) is 5.75 Å². The molecular weight excluding hydrogens is 523 g/mol. The van der Waals surface area contributed by atoms with Crippen molar-refractivity contribution in [2.24, 2.45) is 13.0 Å². The highest BCUT2D eigenvalue weighted by molar-refractivity contribution is 6.28. The number of benzene rings is 1. The van der Waals surface area contributed by atoms with E-state index in [1.165, 1.54) is 12.1 Å². The van der Waals surface area contributed by atoms with Crippen LogP contribution in [0, 0.1) is 12.8 Å². The molecule has 0 unspecified atom stereocenters. The molecule has 1 aromatic carbocycles. The van der Waals surface area contributed by atoms with E-state index in [1.807, 2.05) is 20.8 Å². The quantitative estimate of drug-likeness (QED) is 0.339. The Morgan fingerprint density at radius 3 is 2.45 bits per heavy atom. The number of piperidine rings is 1. The van der Waals surface area contributed by atoms with Crippen molar-refractivity contribution in [2.45, 2.75) is 58.7 Å². The number of alkyl halides is 3. The van der Waals surface area contributed by atoms with Gasteiger partial charge in [-0.05, 0) is 82.7 Å². The predicted molar refractivity (Wildman–Crippen MR) is 137 cm³/mol. The molecule has 0 saturated carbocycles. The fraction of sp³-hybridized carbons (Fsp3) is 0.538. The fourth-order valence-corrected chi connectivity index (χ4v) is 4.60. The van der Waals surface area contributed by atoms with Crippen molar-refractivity contribution in [3.63, 3.8) is 0 Å². The molecule has 12 heteroatoms. The number of fused-ring (bicyclic) bond motifs is 1. The van der Waals surface area contributed by atoms with Gasteiger partial charge in [-0.3, -0.25) is 0 Å². The first-order chi connectivity index (χ1) is 17.7. The molecule has 1 saturated heterocycles. The Labute approximate surface area is 224 Å². The van der Waals surface area contributed by atoms with Crippen molar-refractivity contribution in [3.8, 4) is 17.0 Å². The molecule has 0 N–H and O–H groups in total. The number of aromatic nitrogens is 4. The van der Waals surface area contributed by atoms with Crippen LogP contribution in [0.25, 0.3) is 22.4 Å². The SMILES string of the molecule is Cc1nc2c(-c3ccc(OCCC4CCN(C(=O)OC(C)(C)C)CC4)c(C(F)(F)F)c3)nc(Cl)nc2n1C. The number of amides is 1. The zero-order valence-corrected chi connectivity index (χ0v) is 22.8. The second-order valence-corrected chi connectivity index (χ2v) is 10.8. The molecule has 0 spiro atoms. The van der Waals surface area contributed by atoms with Crippen LogP contribution >= 0.6 is 11.6 Å². The molecule has 3 heterocycles. The summed E-state index contributed by atoms with van der Waals surface area (Å²) >= 11 is 6.07. The molecule has 3 aromatic rings. The minimum Gasteiger partial charge on any atom is -0.493 e. The van der Waals surface area contributed by atoms with Crippen LogP contribution in [-0.2, 0) is 18.0 Å². The van der Waals surface area contributed by atoms with E-state index in [4.69, 9.17) is 21.1 Å². The molecular formula is C26H31ClF3N5O3. The van der Waals surface area contributed by atoms with E-state index in [0.29, 0.717) is 36.5 Å². The van der Waals surface area contributed by atoms with Gasteiger partial charge in [0.2, 0.25) is 5.28 Å². The normalized spacial score (nSPS) is 15.2. The van der Waals surface area contributed by atoms with E-state index in [9.17, 15) is 18.0 Å². The molecule has 1 fully saturated rings. The molecule has 2 aromatic heterocycles. The van der Waals surface area contributed by atoms with Crippen molar-refractivity contribution < 1.29 is 27.4 Å². The molecule has 0 atom stereocenters. The number of likely N-dealkylation sites (tertiary alicyclic amines) is 1. The summed E-state index contributed by atoms with van der Waals surface area (Å²) in [5.41, 5.74) is -0.220. The van der Waals surface area contributed by atoms with Crippen molar-refractivity contribution in [1.29, 1.82) is 0 Å². The number of halogens is 4. The first kappa shape index (κ1) is 27.9. The number of aryl methyl sites for hydroxylation is 2. The molecule has 0 aliphatic carbocycles. The third-order valence-electron chi connectivity index (χ3n) is 6.52.